The molecule has 0 saturated carbocycles. The van der Waals surface area contributed by atoms with Crippen LogP contribution in [0.1, 0.15) is 36.9 Å². The smallest absolute Gasteiger partial charge is 0.0637 e. The van der Waals surface area contributed by atoms with Crippen molar-refractivity contribution in [3.8, 4) is 0 Å². The van der Waals surface area contributed by atoms with Gasteiger partial charge < -0.3 is 11.1 Å². The van der Waals surface area contributed by atoms with Gasteiger partial charge in [0.15, 0.2) is 0 Å². The molecule has 2 rings (SSSR count). The highest BCUT2D eigenvalue weighted by molar-refractivity contribution is 6.33. The quantitative estimate of drug-likeness (QED) is 0.845. The Hall–Kier alpha value is -1.51. The molecule has 1 atom stereocenters. The molecule has 0 heterocycles. The van der Waals surface area contributed by atoms with Gasteiger partial charge in [-0.25, -0.2) is 0 Å². The summed E-state index contributed by atoms with van der Waals surface area (Å²) in [4.78, 5) is 0. The fraction of sp³-hybridized carbons (Fsp3) is 0.294. The topological polar surface area (TPSA) is 38.0 Å². The maximum Gasteiger partial charge on any atom is 0.0637 e. The zero-order valence-electron chi connectivity index (χ0n) is 11.9. The van der Waals surface area contributed by atoms with Crippen molar-refractivity contribution in [2.75, 3.05) is 11.9 Å². The summed E-state index contributed by atoms with van der Waals surface area (Å²) in [6, 6.07) is 16.4. The van der Waals surface area contributed by atoms with Crippen LogP contribution in [0.15, 0.2) is 48.5 Å². The Kier molecular flexibility index (Phi) is 5.05. The fourth-order valence-corrected chi connectivity index (χ4v) is 2.35. The van der Waals surface area contributed by atoms with Gasteiger partial charge in [-0.3, -0.25) is 0 Å². The van der Waals surface area contributed by atoms with Gasteiger partial charge in [0.05, 0.1) is 16.8 Å². The molecule has 2 aromatic rings. The molecule has 3 heteroatoms. The molecule has 0 fully saturated rings. The molecule has 0 amide bonds. The van der Waals surface area contributed by atoms with E-state index in [-0.39, 0.29) is 6.04 Å². The lowest BCUT2D eigenvalue weighted by molar-refractivity contribution is 0.786. The first-order valence-electron chi connectivity index (χ1n) is 6.92. The van der Waals surface area contributed by atoms with Crippen molar-refractivity contribution in [1.82, 2.24) is 0 Å². The van der Waals surface area contributed by atoms with Crippen molar-refractivity contribution in [1.29, 1.82) is 0 Å². The zero-order valence-corrected chi connectivity index (χ0v) is 12.7. The summed E-state index contributed by atoms with van der Waals surface area (Å²) in [7, 11) is 0. The minimum Gasteiger partial charge on any atom is -0.376 e. The Bertz CT molecular complexity index is 549. The highest BCUT2D eigenvalue weighted by Gasteiger charge is 2.11. The standard InChI is InChI=1S/C17H21ClN2/c1-12(2)13-7-9-14(10-8-13)17(11-19)20-16-6-4-3-5-15(16)18/h3-10,12,17,20H,11,19H2,1-2H3. The van der Waals surface area contributed by atoms with Crippen molar-refractivity contribution in [2.24, 2.45) is 5.73 Å². The highest BCUT2D eigenvalue weighted by atomic mass is 35.5. The third kappa shape index (κ3) is 3.53. The van der Waals surface area contributed by atoms with Crippen LogP contribution in [0.3, 0.4) is 0 Å². The van der Waals surface area contributed by atoms with Crippen LogP contribution in [0.5, 0.6) is 0 Å². The average molecular weight is 289 g/mol. The van der Waals surface area contributed by atoms with Gasteiger partial charge in [0, 0.05) is 6.54 Å². The highest BCUT2D eigenvalue weighted by Crippen LogP contribution is 2.26. The number of anilines is 1. The molecular weight excluding hydrogens is 268 g/mol. The molecule has 1 unspecified atom stereocenters. The number of nitrogens with two attached hydrogens (primary N) is 1. The first-order chi connectivity index (χ1) is 9.61. The molecule has 0 radical (unpaired) electrons. The molecule has 0 bridgehead atoms. The summed E-state index contributed by atoms with van der Waals surface area (Å²) in [5.41, 5.74) is 9.32. The molecule has 2 aromatic carbocycles. The van der Waals surface area contributed by atoms with Gasteiger partial charge in [0.1, 0.15) is 0 Å². The van der Waals surface area contributed by atoms with E-state index in [4.69, 9.17) is 17.3 Å². The lowest BCUT2D eigenvalue weighted by Crippen LogP contribution is -2.20. The van der Waals surface area contributed by atoms with E-state index < -0.39 is 0 Å². The summed E-state index contributed by atoms with van der Waals surface area (Å²) in [5.74, 6) is 0.539. The molecule has 0 saturated heterocycles. The normalized spacial score (nSPS) is 12.4. The molecule has 2 nitrogen and oxygen atoms in total. The SMILES string of the molecule is CC(C)c1ccc(C(CN)Nc2ccccc2Cl)cc1. The lowest BCUT2D eigenvalue weighted by atomic mass is 9.99. The predicted molar refractivity (Wildman–Crippen MR) is 87.4 cm³/mol. The Morgan fingerprint density at radius 3 is 2.15 bits per heavy atom. The van der Waals surface area contributed by atoms with E-state index in [2.05, 4.69) is 43.4 Å². The number of hydrogen-bond donors (Lipinski definition) is 2. The predicted octanol–water partition coefficient (Wildman–Crippen LogP) is 4.58. The number of hydrogen-bond acceptors (Lipinski definition) is 2. The molecule has 3 N–H and O–H groups in total. The molecule has 0 aliphatic rings. The molecule has 20 heavy (non-hydrogen) atoms. The van der Waals surface area contributed by atoms with Crippen LogP contribution in [0.2, 0.25) is 5.02 Å². The average Bonchev–Trinajstić information content (AvgIpc) is 2.46. The maximum atomic E-state index is 6.18. The third-order valence-electron chi connectivity index (χ3n) is 3.44. The van der Waals surface area contributed by atoms with Crippen molar-refractivity contribution < 1.29 is 0 Å². The van der Waals surface area contributed by atoms with Gasteiger partial charge in [-0.2, -0.15) is 0 Å². The molecule has 0 spiro atoms. The maximum absolute atomic E-state index is 6.18. The second-order valence-electron chi connectivity index (χ2n) is 5.23. The summed E-state index contributed by atoms with van der Waals surface area (Å²) >= 11 is 6.18. The van der Waals surface area contributed by atoms with Crippen molar-refractivity contribution in [2.45, 2.75) is 25.8 Å². The number of nitrogens with one attached hydrogen (secondary N) is 1. The first-order valence-corrected chi connectivity index (χ1v) is 7.30. The minimum atomic E-state index is 0.0658. The summed E-state index contributed by atoms with van der Waals surface area (Å²) < 4.78 is 0. The summed E-state index contributed by atoms with van der Waals surface area (Å²) in [6.45, 7) is 4.90. The third-order valence-corrected chi connectivity index (χ3v) is 3.77. The van der Waals surface area contributed by atoms with Gasteiger partial charge in [0.2, 0.25) is 0 Å². The molecule has 0 aliphatic carbocycles. The van der Waals surface area contributed by atoms with Crippen LogP contribution in [0.25, 0.3) is 0 Å². The van der Waals surface area contributed by atoms with Crippen LogP contribution in [-0.2, 0) is 0 Å². The van der Waals surface area contributed by atoms with E-state index >= 15 is 0 Å². The van der Waals surface area contributed by atoms with Crippen molar-refractivity contribution in [3.05, 3.63) is 64.7 Å². The van der Waals surface area contributed by atoms with Crippen molar-refractivity contribution in [3.63, 3.8) is 0 Å². The summed E-state index contributed by atoms with van der Waals surface area (Å²) in [5, 5.41) is 4.12. The number of benzene rings is 2. The Balaban J connectivity index is 2.18. The Labute approximate surface area is 126 Å². The number of para-hydroxylation sites is 1. The van der Waals surface area contributed by atoms with Crippen LogP contribution < -0.4 is 11.1 Å². The van der Waals surface area contributed by atoms with Crippen LogP contribution in [0.4, 0.5) is 5.69 Å². The first kappa shape index (κ1) is 14.9. The molecule has 106 valence electrons. The van der Waals surface area contributed by atoms with Gasteiger partial charge in [-0.15, -0.1) is 0 Å². The van der Waals surface area contributed by atoms with Crippen LogP contribution in [-0.4, -0.2) is 6.54 Å². The van der Waals surface area contributed by atoms with Gasteiger partial charge in [0.25, 0.3) is 0 Å². The summed E-state index contributed by atoms with van der Waals surface area (Å²) in [6.07, 6.45) is 0. The largest absolute Gasteiger partial charge is 0.376 e. The molecule has 0 aromatic heterocycles. The lowest BCUT2D eigenvalue weighted by Gasteiger charge is -2.20. The second kappa shape index (κ2) is 6.78. The van der Waals surface area contributed by atoms with Gasteiger partial charge >= 0.3 is 0 Å². The zero-order chi connectivity index (χ0) is 14.5. The van der Waals surface area contributed by atoms with Crippen LogP contribution in [0, 0.1) is 0 Å². The van der Waals surface area contributed by atoms with Gasteiger partial charge in [-0.1, -0.05) is 61.8 Å². The minimum absolute atomic E-state index is 0.0658. The van der Waals surface area contributed by atoms with E-state index in [1.807, 2.05) is 24.3 Å². The molecular formula is C17H21ClN2. The number of halogens is 1. The number of rotatable bonds is 5. The van der Waals surface area contributed by atoms with Crippen LogP contribution >= 0.6 is 11.6 Å². The van der Waals surface area contributed by atoms with E-state index in [1.54, 1.807) is 0 Å². The Morgan fingerprint density at radius 1 is 1.00 bits per heavy atom. The van der Waals surface area contributed by atoms with E-state index in [0.717, 1.165) is 5.69 Å². The van der Waals surface area contributed by atoms with Gasteiger partial charge in [-0.05, 0) is 29.2 Å². The monoisotopic (exact) mass is 288 g/mol. The second-order valence-corrected chi connectivity index (χ2v) is 5.64. The molecule has 0 aliphatic heterocycles. The van der Waals surface area contributed by atoms with Crippen molar-refractivity contribution >= 4 is 17.3 Å². The Morgan fingerprint density at radius 2 is 1.60 bits per heavy atom. The van der Waals surface area contributed by atoms with E-state index in [0.29, 0.717) is 17.5 Å². The fourth-order valence-electron chi connectivity index (χ4n) is 2.16. The van der Waals surface area contributed by atoms with E-state index in [9.17, 15) is 0 Å². The van der Waals surface area contributed by atoms with E-state index in [1.165, 1.54) is 11.1 Å².